The Balaban J connectivity index is 2.43. The van der Waals surface area contributed by atoms with Gasteiger partial charge in [0.2, 0.25) is 21.8 Å². The zero-order valence-electron chi connectivity index (χ0n) is 19.4. The number of rotatable bonds is 10. The van der Waals surface area contributed by atoms with Crippen LogP contribution in [0, 0.1) is 0 Å². The lowest BCUT2D eigenvalue weighted by molar-refractivity contribution is -0.139. The largest absolute Gasteiger partial charge is 0.352 e. The third kappa shape index (κ3) is 7.50. The highest BCUT2D eigenvalue weighted by atomic mass is 35.5. The SMILES string of the molecule is CC[C@@H](C)NC(=O)[C@@H](C)N(Cc1cccc(Cl)c1)C(=O)CN(c1cccc(Cl)c1Cl)S(C)(=O)=O. The molecule has 0 aromatic heterocycles. The van der Waals surface area contributed by atoms with Crippen LogP contribution in [0.4, 0.5) is 5.69 Å². The van der Waals surface area contributed by atoms with Crippen LogP contribution in [0.2, 0.25) is 15.1 Å². The predicted molar refractivity (Wildman–Crippen MR) is 138 cm³/mol. The monoisotopic (exact) mass is 547 g/mol. The van der Waals surface area contributed by atoms with Gasteiger partial charge in [-0.3, -0.25) is 13.9 Å². The first kappa shape index (κ1) is 28.2. The summed E-state index contributed by atoms with van der Waals surface area (Å²) in [5.41, 5.74) is 0.764. The summed E-state index contributed by atoms with van der Waals surface area (Å²) in [5, 5.41) is 3.50. The van der Waals surface area contributed by atoms with Gasteiger partial charge in [0.15, 0.2) is 0 Å². The van der Waals surface area contributed by atoms with Crippen molar-refractivity contribution in [3.05, 3.63) is 63.1 Å². The lowest BCUT2D eigenvalue weighted by Crippen LogP contribution is -2.52. The molecule has 2 atom stereocenters. The number of carbonyl (C=O) groups is 2. The van der Waals surface area contributed by atoms with Crippen LogP contribution in [-0.4, -0.2) is 50.0 Å². The van der Waals surface area contributed by atoms with E-state index in [1.54, 1.807) is 31.2 Å². The first-order valence-corrected chi connectivity index (χ1v) is 13.6. The van der Waals surface area contributed by atoms with Crippen molar-refractivity contribution in [1.82, 2.24) is 10.2 Å². The average molecular weight is 549 g/mol. The van der Waals surface area contributed by atoms with Crippen LogP contribution >= 0.6 is 34.8 Å². The summed E-state index contributed by atoms with van der Waals surface area (Å²) in [4.78, 5) is 27.7. The molecule has 2 rings (SSSR count). The normalized spacial score (nSPS) is 13.1. The Labute approximate surface area is 216 Å². The van der Waals surface area contributed by atoms with Crippen LogP contribution in [0.5, 0.6) is 0 Å². The zero-order valence-corrected chi connectivity index (χ0v) is 22.5. The lowest BCUT2D eigenvalue weighted by atomic mass is 10.1. The molecule has 186 valence electrons. The summed E-state index contributed by atoms with van der Waals surface area (Å²) in [6.07, 6.45) is 1.69. The Kier molecular flexibility index (Phi) is 10.1. The third-order valence-corrected chi connectivity index (χ3v) is 7.46. The fourth-order valence-electron chi connectivity index (χ4n) is 3.16. The van der Waals surface area contributed by atoms with Crippen molar-refractivity contribution in [3.63, 3.8) is 0 Å². The summed E-state index contributed by atoms with van der Waals surface area (Å²) in [7, 11) is -3.91. The number of nitrogens with zero attached hydrogens (tertiary/aromatic N) is 2. The Morgan fingerprint density at radius 3 is 2.29 bits per heavy atom. The van der Waals surface area contributed by atoms with Gasteiger partial charge in [-0.15, -0.1) is 0 Å². The van der Waals surface area contributed by atoms with Crippen LogP contribution in [0.15, 0.2) is 42.5 Å². The number of halogens is 3. The molecule has 0 spiro atoms. The molecule has 0 bridgehead atoms. The minimum atomic E-state index is -3.91. The number of sulfonamides is 1. The van der Waals surface area contributed by atoms with Crippen molar-refractivity contribution >= 4 is 62.3 Å². The highest BCUT2D eigenvalue weighted by Crippen LogP contribution is 2.33. The lowest BCUT2D eigenvalue weighted by Gasteiger charge is -2.32. The van der Waals surface area contributed by atoms with Gasteiger partial charge in [0.05, 0.1) is 22.0 Å². The van der Waals surface area contributed by atoms with E-state index in [9.17, 15) is 18.0 Å². The maximum atomic E-state index is 13.5. The first-order valence-electron chi connectivity index (χ1n) is 10.6. The highest BCUT2D eigenvalue weighted by molar-refractivity contribution is 7.92. The number of carbonyl (C=O) groups excluding carboxylic acids is 2. The molecule has 7 nitrogen and oxygen atoms in total. The van der Waals surface area contributed by atoms with E-state index in [0.717, 1.165) is 17.0 Å². The van der Waals surface area contributed by atoms with Gasteiger partial charge in [0, 0.05) is 17.6 Å². The number of amides is 2. The van der Waals surface area contributed by atoms with E-state index in [-0.39, 0.29) is 34.2 Å². The molecule has 0 unspecified atom stereocenters. The molecule has 2 aromatic rings. The van der Waals surface area contributed by atoms with Gasteiger partial charge in [-0.05, 0) is 50.1 Å². The molecule has 0 aliphatic carbocycles. The second kappa shape index (κ2) is 12.1. The quantitative estimate of drug-likeness (QED) is 0.464. The Bertz CT molecular complexity index is 1140. The molecule has 0 aliphatic heterocycles. The van der Waals surface area contributed by atoms with Gasteiger partial charge in [-0.25, -0.2) is 8.42 Å². The number of nitrogens with one attached hydrogen (secondary N) is 1. The summed E-state index contributed by atoms with van der Waals surface area (Å²) >= 11 is 18.4. The first-order chi connectivity index (χ1) is 15.8. The molecule has 0 fully saturated rings. The number of anilines is 1. The fourth-order valence-corrected chi connectivity index (χ4v) is 4.67. The number of benzene rings is 2. The van der Waals surface area contributed by atoms with Crippen molar-refractivity contribution in [2.45, 2.75) is 45.8 Å². The average Bonchev–Trinajstić information content (AvgIpc) is 2.76. The highest BCUT2D eigenvalue weighted by Gasteiger charge is 2.31. The van der Waals surface area contributed by atoms with Crippen LogP contribution in [0.1, 0.15) is 32.8 Å². The summed E-state index contributed by atoms with van der Waals surface area (Å²) < 4.78 is 26.1. The van der Waals surface area contributed by atoms with Crippen LogP contribution in [0.25, 0.3) is 0 Å². The minimum Gasteiger partial charge on any atom is -0.352 e. The molecule has 2 aromatic carbocycles. The molecule has 0 radical (unpaired) electrons. The van der Waals surface area contributed by atoms with Crippen LogP contribution in [-0.2, 0) is 26.2 Å². The third-order valence-electron chi connectivity index (χ3n) is 5.29. The second-order valence-electron chi connectivity index (χ2n) is 7.99. The summed E-state index contributed by atoms with van der Waals surface area (Å²) in [6.45, 7) is 4.87. The van der Waals surface area contributed by atoms with Gasteiger partial charge in [0.1, 0.15) is 12.6 Å². The van der Waals surface area contributed by atoms with Gasteiger partial charge in [0.25, 0.3) is 0 Å². The van der Waals surface area contributed by atoms with Crippen LogP contribution < -0.4 is 9.62 Å². The van der Waals surface area contributed by atoms with E-state index in [0.29, 0.717) is 10.6 Å². The van der Waals surface area contributed by atoms with Crippen molar-refractivity contribution < 1.29 is 18.0 Å². The van der Waals surface area contributed by atoms with E-state index in [2.05, 4.69) is 5.32 Å². The molecule has 0 saturated heterocycles. The molecular formula is C23H28Cl3N3O4S. The van der Waals surface area contributed by atoms with Crippen molar-refractivity contribution in [2.75, 3.05) is 17.1 Å². The fraction of sp³-hybridized carbons (Fsp3) is 0.391. The Hall–Kier alpha value is -2.00. The van der Waals surface area contributed by atoms with E-state index >= 15 is 0 Å². The van der Waals surface area contributed by atoms with Crippen molar-refractivity contribution in [2.24, 2.45) is 0 Å². The molecule has 0 saturated carbocycles. The molecule has 0 heterocycles. The molecule has 11 heteroatoms. The van der Waals surface area contributed by atoms with E-state index < -0.39 is 28.5 Å². The zero-order chi connectivity index (χ0) is 25.6. The van der Waals surface area contributed by atoms with Gasteiger partial charge >= 0.3 is 0 Å². The smallest absolute Gasteiger partial charge is 0.244 e. The second-order valence-corrected chi connectivity index (χ2v) is 11.1. The number of hydrogen-bond acceptors (Lipinski definition) is 4. The standard InChI is InChI=1S/C23H28Cl3N3O4S/c1-5-15(2)27-23(31)16(3)28(13-17-8-6-9-18(24)12-17)21(30)14-29(34(4,32)33)20-11-7-10-19(25)22(20)26/h6-12,15-16H,5,13-14H2,1-4H3,(H,27,31)/t15-,16-/m1/s1. The van der Waals surface area contributed by atoms with Gasteiger partial charge < -0.3 is 10.2 Å². The Morgan fingerprint density at radius 2 is 1.71 bits per heavy atom. The van der Waals surface area contributed by atoms with Gasteiger partial charge in [-0.2, -0.15) is 0 Å². The summed E-state index contributed by atoms with van der Waals surface area (Å²) in [6, 6.07) is 10.4. The maximum Gasteiger partial charge on any atom is 0.244 e. The Morgan fingerprint density at radius 1 is 1.06 bits per heavy atom. The topological polar surface area (TPSA) is 86.8 Å². The van der Waals surface area contributed by atoms with Crippen molar-refractivity contribution in [1.29, 1.82) is 0 Å². The minimum absolute atomic E-state index is 0.00587. The number of hydrogen-bond donors (Lipinski definition) is 1. The maximum absolute atomic E-state index is 13.5. The van der Waals surface area contributed by atoms with Crippen LogP contribution in [0.3, 0.4) is 0 Å². The molecule has 2 amide bonds. The molecule has 1 N–H and O–H groups in total. The van der Waals surface area contributed by atoms with E-state index in [4.69, 9.17) is 34.8 Å². The molecule has 0 aliphatic rings. The molecular weight excluding hydrogens is 521 g/mol. The van der Waals surface area contributed by atoms with Gasteiger partial charge in [-0.1, -0.05) is 59.9 Å². The van der Waals surface area contributed by atoms with Crippen molar-refractivity contribution in [3.8, 4) is 0 Å². The predicted octanol–water partition coefficient (Wildman–Crippen LogP) is 4.74. The summed E-state index contributed by atoms with van der Waals surface area (Å²) in [5.74, 6) is -0.940. The van der Waals surface area contributed by atoms with E-state index in [1.807, 2.05) is 13.8 Å². The van der Waals surface area contributed by atoms with E-state index in [1.165, 1.54) is 23.1 Å². The molecule has 34 heavy (non-hydrogen) atoms.